The summed E-state index contributed by atoms with van der Waals surface area (Å²) in [6, 6.07) is 0. The van der Waals surface area contributed by atoms with Gasteiger partial charge in [0.1, 0.15) is 0 Å². The molecule has 0 spiro atoms. The minimum absolute atomic E-state index is 0.0976. The smallest absolute Gasteiger partial charge is 0.381 e. The fourth-order valence-electron chi connectivity index (χ4n) is 1.21. The van der Waals surface area contributed by atoms with Crippen molar-refractivity contribution in [1.29, 1.82) is 0 Å². The average Bonchev–Trinajstić information content (AvgIpc) is 2.09. The summed E-state index contributed by atoms with van der Waals surface area (Å²) in [5.74, 6) is -1.32. The van der Waals surface area contributed by atoms with E-state index >= 15 is 0 Å². The lowest BCUT2D eigenvalue weighted by Gasteiger charge is -2.19. The number of halogens is 3. The van der Waals surface area contributed by atoms with Gasteiger partial charge in [0, 0.05) is 6.61 Å². The topological polar surface area (TPSA) is 9.23 Å². The third kappa shape index (κ3) is 6.24. The van der Waals surface area contributed by atoms with Crippen LogP contribution in [0.5, 0.6) is 0 Å². The number of hydrogen-bond donors (Lipinski definition) is 0. The third-order valence-electron chi connectivity index (χ3n) is 2.08. The summed E-state index contributed by atoms with van der Waals surface area (Å²) in [5, 5.41) is 0. The molecule has 0 heterocycles. The number of rotatable bonds is 7. The molecule has 0 aliphatic rings. The van der Waals surface area contributed by atoms with Gasteiger partial charge >= 0.3 is 6.18 Å². The van der Waals surface area contributed by atoms with Gasteiger partial charge in [-0.15, -0.1) is 0 Å². The molecule has 0 amide bonds. The zero-order valence-corrected chi connectivity index (χ0v) is 8.57. The van der Waals surface area contributed by atoms with Crippen LogP contribution in [0, 0.1) is 12.8 Å². The minimum atomic E-state index is -4.14. The molecule has 0 aromatic rings. The molecule has 14 heavy (non-hydrogen) atoms. The maximum absolute atomic E-state index is 12.4. The van der Waals surface area contributed by atoms with Crippen LogP contribution in [0.25, 0.3) is 0 Å². The van der Waals surface area contributed by atoms with Crippen LogP contribution in [-0.4, -0.2) is 19.4 Å². The quantitative estimate of drug-likeness (QED) is 0.585. The molecule has 0 rings (SSSR count). The van der Waals surface area contributed by atoms with Gasteiger partial charge in [-0.05, 0) is 13.3 Å². The first kappa shape index (κ1) is 13.8. The van der Waals surface area contributed by atoms with Crippen molar-refractivity contribution in [2.45, 2.75) is 38.8 Å². The molecule has 0 aliphatic heterocycles. The Morgan fingerprint density at radius 2 is 1.93 bits per heavy atom. The molecule has 0 bridgehead atoms. The van der Waals surface area contributed by atoms with E-state index in [0.717, 1.165) is 12.8 Å². The van der Waals surface area contributed by atoms with Crippen molar-refractivity contribution in [3.8, 4) is 0 Å². The molecule has 0 aromatic heterocycles. The van der Waals surface area contributed by atoms with Gasteiger partial charge in [0.05, 0.1) is 12.5 Å². The molecule has 85 valence electrons. The van der Waals surface area contributed by atoms with Gasteiger partial charge in [-0.2, -0.15) is 13.2 Å². The van der Waals surface area contributed by atoms with E-state index in [-0.39, 0.29) is 19.6 Å². The Kier molecular flexibility index (Phi) is 6.97. The van der Waals surface area contributed by atoms with E-state index in [1.54, 1.807) is 0 Å². The number of unbranched alkanes of at least 4 members (excludes halogenated alkanes) is 2. The van der Waals surface area contributed by atoms with Crippen molar-refractivity contribution in [3.63, 3.8) is 0 Å². The molecule has 0 saturated heterocycles. The average molecular weight is 211 g/mol. The molecule has 1 atom stereocenters. The largest absolute Gasteiger partial charge is 0.394 e. The van der Waals surface area contributed by atoms with Gasteiger partial charge in [-0.1, -0.05) is 26.2 Å². The molecular formula is C10H18F3O. The first-order valence-corrected chi connectivity index (χ1v) is 4.96. The Balaban J connectivity index is 3.85. The van der Waals surface area contributed by atoms with Crippen LogP contribution in [0.3, 0.4) is 0 Å². The monoisotopic (exact) mass is 211 g/mol. The summed E-state index contributed by atoms with van der Waals surface area (Å²) in [5.41, 5.74) is 0. The highest BCUT2D eigenvalue weighted by Crippen LogP contribution is 2.30. The van der Waals surface area contributed by atoms with Gasteiger partial charge in [-0.25, -0.2) is 0 Å². The first-order valence-electron chi connectivity index (χ1n) is 4.96. The summed E-state index contributed by atoms with van der Waals surface area (Å²) in [6.45, 7) is 5.16. The molecule has 0 aromatic carbocycles. The Hall–Kier alpha value is -0.250. The van der Waals surface area contributed by atoms with Crippen molar-refractivity contribution in [3.05, 3.63) is 6.92 Å². The van der Waals surface area contributed by atoms with E-state index in [2.05, 4.69) is 6.92 Å². The molecule has 0 fully saturated rings. The summed E-state index contributed by atoms with van der Waals surface area (Å²) in [6.07, 6.45) is -1.58. The lowest BCUT2D eigenvalue weighted by atomic mass is 10.0. The fourth-order valence-corrected chi connectivity index (χ4v) is 1.21. The Morgan fingerprint density at radius 1 is 1.29 bits per heavy atom. The molecule has 1 nitrogen and oxygen atoms in total. The Morgan fingerprint density at radius 3 is 2.36 bits per heavy atom. The maximum atomic E-state index is 12.4. The summed E-state index contributed by atoms with van der Waals surface area (Å²) >= 11 is 0. The zero-order valence-electron chi connectivity index (χ0n) is 8.57. The predicted octanol–water partition coefficient (Wildman–Crippen LogP) is 3.60. The van der Waals surface area contributed by atoms with Crippen molar-refractivity contribution in [2.75, 3.05) is 13.2 Å². The minimum Gasteiger partial charge on any atom is -0.381 e. The maximum Gasteiger partial charge on any atom is 0.394 e. The third-order valence-corrected chi connectivity index (χ3v) is 2.08. The van der Waals surface area contributed by atoms with Crippen molar-refractivity contribution in [2.24, 2.45) is 5.92 Å². The van der Waals surface area contributed by atoms with E-state index in [9.17, 15) is 13.2 Å². The summed E-state index contributed by atoms with van der Waals surface area (Å²) in [4.78, 5) is 0. The predicted molar refractivity (Wildman–Crippen MR) is 49.9 cm³/mol. The van der Waals surface area contributed by atoms with Crippen LogP contribution in [0.1, 0.15) is 32.6 Å². The van der Waals surface area contributed by atoms with Crippen molar-refractivity contribution < 1.29 is 17.9 Å². The highest BCUT2D eigenvalue weighted by Gasteiger charge is 2.38. The Labute approximate surface area is 83.6 Å². The van der Waals surface area contributed by atoms with Crippen molar-refractivity contribution in [1.82, 2.24) is 0 Å². The molecular weight excluding hydrogens is 193 g/mol. The highest BCUT2D eigenvalue weighted by molar-refractivity contribution is 4.67. The molecule has 1 radical (unpaired) electrons. The van der Waals surface area contributed by atoms with Crippen molar-refractivity contribution >= 4 is 0 Å². The molecule has 4 heteroatoms. The lowest BCUT2D eigenvalue weighted by molar-refractivity contribution is -0.189. The summed E-state index contributed by atoms with van der Waals surface area (Å²) in [7, 11) is 0. The zero-order chi connectivity index (χ0) is 11.0. The molecule has 0 saturated carbocycles. The SMILES string of the molecule is [CH2]COCC(CCCCC)C(F)(F)F. The number of ether oxygens (including phenoxy) is 1. The number of alkyl halides is 3. The van der Waals surface area contributed by atoms with Gasteiger partial charge in [0.15, 0.2) is 0 Å². The normalized spacial score (nSPS) is 14.4. The second-order valence-corrected chi connectivity index (χ2v) is 3.31. The van der Waals surface area contributed by atoms with Gasteiger partial charge in [0.25, 0.3) is 0 Å². The first-order chi connectivity index (χ1) is 6.52. The second-order valence-electron chi connectivity index (χ2n) is 3.31. The van der Waals surface area contributed by atoms with E-state index in [1.165, 1.54) is 0 Å². The van der Waals surface area contributed by atoms with E-state index in [0.29, 0.717) is 6.42 Å². The van der Waals surface area contributed by atoms with Gasteiger partial charge in [0.2, 0.25) is 0 Å². The molecule has 0 N–H and O–H groups in total. The van der Waals surface area contributed by atoms with Crippen LogP contribution in [0.2, 0.25) is 0 Å². The summed E-state index contributed by atoms with van der Waals surface area (Å²) < 4.78 is 41.8. The standard InChI is InChI=1S/C10H18F3O/c1-3-5-6-7-9(8-14-4-2)10(11,12)13/h9H,2-8H2,1H3. The van der Waals surface area contributed by atoms with E-state index in [4.69, 9.17) is 4.74 Å². The molecule has 1 unspecified atom stereocenters. The second kappa shape index (κ2) is 7.10. The van der Waals surface area contributed by atoms with E-state index < -0.39 is 12.1 Å². The fraction of sp³-hybridized carbons (Fsp3) is 0.900. The van der Waals surface area contributed by atoms with Gasteiger partial charge in [-0.3, -0.25) is 0 Å². The Bertz CT molecular complexity index is 134. The highest BCUT2D eigenvalue weighted by atomic mass is 19.4. The number of hydrogen-bond acceptors (Lipinski definition) is 1. The van der Waals surface area contributed by atoms with E-state index in [1.807, 2.05) is 6.92 Å². The van der Waals surface area contributed by atoms with Crippen LogP contribution in [0.4, 0.5) is 13.2 Å². The van der Waals surface area contributed by atoms with Crippen LogP contribution in [-0.2, 0) is 4.74 Å². The van der Waals surface area contributed by atoms with Crippen LogP contribution < -0.4 is 0 Å². The van der Waals surface area contributed by atoms with Crippen LogP contribution >= 0.6 is 0 Å². The van der Waals surface area contributed by atoms with Crippen LogP contribution in [0.15, 0.2) is 0 Å². The molecule has 0 aliphatic carbocycles. The van der Waals surface area contributed by atoms with Gasteiger partial charge < -0.3 is 4.74 Å². The lowest BCUT2D eigenvalue weighted by Crippen LogP contribution is -2.27.